The van der Waals surface area contributed by atoms with E-state index in [2.05, 4.69) is 15.7 Å². The standard InChI is InChI=1S/C31H40N6O6/c32-28(33)20-8-6-19(7-9-20)25-16-24(30(40)37(36-25)18-26(38)27-17-34-14-15-42-27)29(39)35-22-12-10-21(11-13-22)31(41)43-23-4-2-1-3-5-23/h6-9,16,21-23,27,34H,1-5,10-15,17-18H2,(H3,32,33)(H,35,39). The SMILES string of the molecule is N=C(N)c1ccc(-c2cc(C(=O)NC3CCC(C(=O)OC4CCCCC4)CC3)c(=O)n(CC(=O)C3CNCCO3)n2)cc1. The number of nitrogens with one attached hydrogen (secondary N) is 3. The van der Waals surface area contributed by atoms with Gasteiger partial charge in [0.2, 0.25) is 0 Å². The maximum absolute atomic E-state index is 13.5. The monoisotopic (exact) mass is 592 g/mol. The minimum absolute atomic E-state index is 0.0215. The molecule has 5 N–H and O–H groups in total. The van der Waals surface area contributed by atoms with Gasteiger partial charge in [-0.1, -0.05) is 30.7 Å². The lowest BCUT2D eigenvalue weighted by molar-refractivity contribution is -0.156. The molecule has 1 aromatic heterocycles. The fourth-order valence-electron chi connectivity index (χ4n) is 5.97. The molecule has 230 valence electrons. The first kappa shape index (κ1) is 30.6. The molecular formula is C31H40N6O6. The lowest BCUT2D eigenvalue weighted by Gasteiger charge is -2.30. The summed E-state index contributed by atoms with van der Waals surface area (Å²) in [5.74, 6) is -1.29. The maximum atomic E-state index is 13.5. The number of Topliss-reactive ketones (excluding diaryl/α,β-unsaturated/α-hetero) is 1. The highest BCUT2D eigenvalue weighted by molar-refractivity contribution is 5.96. The van der Waals surface area contributed by atoms with Gasteiger partial charge in [-0.25, -0.2) is 4.68 Å². The Balaban J connectivity index is 1.30. The number of nitrogen functional groups attached to an aromatic ring is 1. The lowest BCUT2D eigenvalue weighted by atomic mass is 9.86. The van der Waals surface area contributed by atoms with Gasteiger partial charge in [0.15, 0.2) is 5.78 Å². The molecule has 2 aromatic rings. The van der Waals surface area contributed by atoms with Crippen LogP contribution in [0.15, 0.2) is 35.1 Å². The summed E-state index contributed by atoms with van der Waals surface area (Å²) in [6.45, 7) is 1.01. The van der Waals surface area contributed by atoms with E-state index in [-0.39, 0.29) is 47.8 Å². The second-order valence-corrected chi connectivity index (χ2v) is 11.6. The molecule has 3 aliphatic rings. The number of esters is 1. The summed E-state index contributed by atoms with van der Waals surface area (Å²) in [6, 6.07) is 7.91. The second kappa shape index (κ2) is 14.0. The molecule has 1 aromatic carbocycles. The predicted octanol–water partition coefficient (Wildman–Crippen LogP) is 1.92. The Morgan fingerprint density at radius 3 is 2.44 bits per heavy atom. The summed E-state index contributed by atoms with van der Waals surface area (Å²) in [5.41, 5.74) is 6.21. The second-order valence-electron chi connectivity index (χ2n) is 11.6. The van der Waals surface area contributed by atoms with Crippen LogP contribution in [-0.2, 0) is 25.6 Å². The molecule has 0 spiro atoms. The predicted molar refractivity (Wildman–Crippen MR) is 159 cm³/mol. The first-order valence-electron chi connectivity index (χ1n) is 15.2. The first-order valence-corrected chi connectivity index (χ1v) is 15.2. The van der Waals surface area contributed by atoms with Gasteiger partial charge in [0.05, 0.1) is 18.2 Å². The van der Waals surface area contributed by atoms with Crippen LogP contribution in [0, 0.1) is 11.3 Å². The number of nitrogens with two attached hydrogens (primary N) is 1. The number of hydrogen-bond acceptors (Lipinski definition) is 9. The van der Waals surface area contributed by atoms with E-state index < -0.39 is 17.6 Å². The van der Waals surface area contributed by atoms with E-state index in [0.29, 0.717) is 62.2 Å². The van der Waals surface area contributed by atoms with E-state index in [1.54, 1.807) is 24.3 Å². The molecule has 2 saturated carbocycles. The molecule has 2 heterocycles. The van der Waals surface area contributed by atoms with Crippen LogP contribution < -0.4 is 21.9 Å². The third kappa shape index (κ3) is 7.74. The van der Waals surface area contributed by atoms with Crippen molar-refractivity contribution < 1.29 is 23.9 Å². The molecule has 12 nitrogen and oxygen atoms in total. The number of ether oxygens (including phenoxy) is 2. The van der Waals surface area contributed by atoms with Gasteiger partial charge in [0, 0.05) is 30.3 Å². The van der Waals surface area contributed by atoms with Crippen molar-refractivity contribution in [3.05, 3.63) is 51.8 Å². The molecule has 5 rings (SSSR count). The lowest BCUT2D eigenvalue weighted by Crippen LogP contribution is -2.46. The van der Waals surface area contributed by atoms with E-state index in [0.717, 1.165) is 30.4 Å². The van der Waals surface area contributed by atoms with Crippen LogP contribution in [0.25, 0.3) is 11.3 Å². The molecule has 1 amide bonds. The first-order chi connectivity index (χ1) is 20.8. The summed E-state index contributed by atoms with van der Waals surface area (Å²) in [4.78, 5) is 52.6. The van der Waals surface area contributed by atoms with Crippen LogP contribution in [0.1, 0.15) is 73.7 Å². The average Bonchev–Trinajstić information content (AvgIpc) is 3.03. The molecule has 0 radical (unpaired) electrons. The van der Waals surface area contributed by atoms with E-state index in [1.165, 1.54) is 12.5 Å². The minimum atomic E-state index is -0.710. The molecule has 12 heteroatoms. The number of amidine groups is 1. The van der Waals surface area contributed by atoms with Crippen molar-refractivity contribution in [3.8, 4) is 11.3 Å². The van der Waals surface area contributed by atoms with Gasteiger partial charge in [-0.05, 0) is 57.4 Å². The minimum Gasteiger partial charge on any atom is -0.462 e. The molecule has 1 aliphatic heterocycles. The maximum Gasteiger partial charge on any atom is 0.309 e. The number of rotatable bonds is 9. The molecule has 2 aliphatic carbocycles. The Morgan fingerprint density at radius 2 is 1.79 bits per heavy atom. The highest BCUT2D eigenvalue weighted by atomic mass is 16.5. The quantitative estimate of drug-likeness (QED) is 0.192. The zero-order valence-corrected chi connectivity index (χ0v) is 24.3. The largest absolute Gasteiger partial charge is 0.462 e. The Morgan fingerprint density at radius 1 is 1.07 bits per heavy atom. The van der Waals surface area contributed by atoms with Crippen LogP contribution in [0.2, 0.25) is 0 Å². The summed E-state index contributed by atoms with van der Waals surface area (Å²) in [6.07, 6.45) is 6.96. The summed E-state index contributed by atoms with van der Waals surface area (Å²) in [5, 5.41) is 18.1. The van der Waals surface area contributed by atoms with Crippen LogP contribution in [-0.4, -0.2) is 71.2 Å². The van der Waals surface area contributed by atoms with Crippen molar-refractivity contribution in [2.24, 2.45) is 11.7 Å². The third-order valence-corrected chi connectivity index (χ3v) is 8.53. The van der Waals surface area contributed by atoms with Crippen LogP contribution in [0.3, 0.4) is 0 Å². The average molecular weight is 593 g/mol. The van der Waals surface area contributed by atoms with Gasteiger partial charge in [-0.15, -0.1) is 0 Å². The van der Waals surface area contributed by atoms with Gasteiger partial charge in [-0.2, -0.15) is 5.10 Å². The number of hydrogen-bond donors (Lipinski definition) is 4. The summed E-state index contributed by atoms with van der Waals surface area (Å²) in [7, 11) is 0. The van der Waals surface area contributed by atoms with Crippen molar-refractivity contribution in [3.63, 3.8) is 0 Å². The van der Waals surface area contributed by atoms with E-state index in [9.17, 15) is 19.2 Å². The fourth-order valence-corrected chi connectivity index (χ4v) is 5.97. The Hall–Kier alpha value is -3.90. The molecule has 1 saturated heterocycles. The van der Waals surface area contributed by atoms with E-state index in [1.807, 2.05) is 0 Å². The number of carbonyl (C=O) groups excluding carboxylic acids is 3. The van der Waals surface area contributed by atoms with E-state index >= 15 is 0 Å². The van der Waals surface area contributed by atoms with Crippen molar-refractivity contribution in [2.75, 3.05) is 19.7 Å². The zero-order valence-electron chi connectivity index (χ0n) is 24.3. The molecule has 1 atom stereocenters. The number of amides is 1. The van der Waals surface area contributed by atoms with Gasteiger partial charge in [0.1, 0.15) is 30.2 Å². The number of nitrogens with zero attached hydrogens (tertiary/aromatic N) is 2. The van der Waals surface area contributed by atoms with Crippen molar-refractivity contribution in [1.29, 1.82) is 5.41 Å². The van der Waals surface area contributed by atoms with Crippen LogP contribution >= 0.6 is 0 Å². The molecule has 3 fully saturated rings. The highest BCUT2D eigenvalue weighted by Crippen LogP contribution is 2.28. The van der Waals surface area contributed by atoms with Crippen molar-refractivity contribution >= 4 is 23.5 Å². The van der Waals surface area contributed by atoms with Gasteiger partial charge in [-0.3, -0.25) is 24.6 Å². The fraction of sp³-hybridized carbons (Fsp3) is 0.548. The molecule has 1 unspecified atom stereocenters. The Labute approximate surface area is 250 Å². The number of ketones is 1. The number of morpholine rings is 1. The van der Waals surface area contributed by atoms with Crippen LogP contribution in [0.4, 0.5) is 0 Å². The molecule has 0 bridgehead atoms. The van der Waals surface area contributed by atoms with Gasteiger partial charge in [0.25, 0.3) is 11.5 Å². The summed E-state index contributed by atoms with van der Waals surface area (Å²) >= 11 is 0. The zero-order chi connectivity index (χ0) is 30.3. The molecule has 43 heavy (non-hydrogen) atoms. The summed E-state index contributed by atoms with van der Waals surface area (Å²) < 4.78 is 12.3. The third-order valence-electron chi connectivity index (χ3n) is 8.53. The van der Waals surface area contributed by atoms with Gasteiger partial charge >= 0.3 is 5.97 Å². The normalized spacial score (nSPS) is 22.8. The highest BCUT2D eigenvalue weighted by Gasteiger charge is 2.31. The smallest absolute Gasteiger partial charge is 0.309 e. The van der Waals surface area contributed by atoms with E-state index in [4.69, 9.17) is 20.6 Å². The number of carbonyl (C=O) groups is 3. The van der Waals surface area contributed by atoms with Crippen molar-refractivity contribution in [1.82, 2.24) is 20.4 Å². The van der Waals surface area contributed by atoms with Crippen LogP contribution in [0.5, 0.6) is 0 Å². The Kier molecular flexibility index (Phi) is 9.98. The topological polar surface area (TPSA) is 178 Å². The Bertz CT molecular complexity index is 1390. The van der Waals surface area contributed by atoms with Gasteiger partial charge < -0.3 is 25.8 Å². The molecular weight excluding hydrogens is 552 g/mol. The number of benzene rings is 1. The number of aromatic nitrogens is 2. The van der Waals surface area contributed by atoms with Crippen molar-refractivity contribution in [2.45, 2.75) is 82.6 Å².